The molecule has 0 saturated carbocycles. The predicted octanol–water partition coefficient (Wildman–Crippen LogP) is 7.46. The number of Topliss-reactive ketones (excluding diaryl/α,β-unsaturated/α-hetero) is 1. The minimum absolute atomic E-state index is 0.150. The lowest BCUT2D eigenvalue weighted by molar-refractivity contribution is -0.147. The highest BCUT2D eigenvalue weighted by Gasteiger charge is 2.28. The lowest BCUT2D eigenvalue weighted by Crippen LogP contribution is -2.26. The van der Waals surface area contributed by atoms with Crippen LogP contribution in [0.25, 0.3) is 0 Å². The molecule has 5 heteroatoms. The number of hydrogen-bond donors (Lipinski definition) is 0. The summed E-state index contributed by atoms with van der Waals surface area (Å²) in [5.74, 6) is -0.633. The SMILES string of the molecule is Cc1ccc(C(=O)[C@H](OC(=O)CCN2c3ccccc3Sc3ccccc32)c2ccc(C)cc2)cc1. The number of carbonyl (C=O) groups is 2. The number of rotatable bonds is 7. The van der Waals surface area contributed by atoms with E-state index in [4.69, 9.17) is 4.74 Å². The van der Waals surface area contributed by atoms with Gasteiger partial charge in [0.2, 0.25) is 5.78 Å². The third-order valence-corrected chi connectivity index (χ3v) is 7.41. The highest BCUT2D eigenvalue weighted by Crippen LogP contribution is 2.47. The zero-order valence-corrected chi connectivity index (χ0v) is 21.1. The van der Waals surface area contributed by atoms with E-state index in [1.54, 1.807) is 23.9 Å². The van der Waals surface area contributed by atoms with Gasteiger partial charge in [-0.1, -0.05) is 95.7 Å². The van der Waals surface area contributed by atoms with Gasteiger partial charge in [0, 0.05) is 27.5 Å². The molecule has 4 aromatic rings. The van der Waals surface area contributed by atoms with Crippen molar-refractivity contribution in [2.75, 3.05) is 11.4 Å². The van der Waals surface area contributed by atoms with Crippen LogP contribution in [0.2, 0.25) is 0 Å². The van der Waals surface area contributed by atoms with Gasteiger partial charge in [-0.3, -0.25) is 9.59 Å². The molecule has 0 N–H and O–H groups in total. The number of carbonyl (C=O) groups excluding carboxylic acids is 2. The van der Waals surface area contributed by atoms with Crippen LogP contribution in [0.4, 0.5) is 11.4 Å². The quantitative estimate of drug-likeness (QED) is 0.197. The minimum Gasteiger partial charge on any atom is -0.449 e. The van der Waals surface area contributed by atoms with Crippen molar-refractivity contribution in [2.24, 2.45) is 0 Å². The van der Waals surface area contributed by atoms with E-state index in [2.05, 4.69) is 29.2 Å². The Kier molecular flexibility index (Phi) is 6.92. The molecule has 1 heterocycles. The molecule has 180 valence electrons. The standard InChI is InChI=1S/C31H27NO3S/c1-21-11-15-23(16-12-21)30(34)31(24-17-13-22(2)14-18-24)35-29(33)19-20-32-25-7-3-5-9-27(25)36-28-10-6-4-8-26(28)32/h3-18,31H,19-20H2,1-2H3/t31-/m1/s1. The monoisotopic (exact) mass is 493 g/mol. The molecule has 0 fully saturated rings. The molecule has 1 aliphatic heterocycles. The third-order valence-electron chi connectivity index (χ3n) is 6.28. The number of hydrogen-bond acceptors (Lipinski definition) is 5. The van der Waals surface area contributed by atoms with Gasteiger partial charge in [0.25, 0.3) is 0 Å². The number of benzene rings is 4. The first-order valence-corrected chi connectivity index (χ1v) is 12.8. The van der Waals surface area contributed by atoms with Crippen molar-refractivity contribution in [1.82, 2.24) is 0 Å². The maximum absolute atomic E-state index is 13.4. The van der Waals surface area contributed by atoms with E-state index in [1.165, 1.54) is 0 Å². The molecule has 1 aliphatic rings. The fourth-order valence-corrected chi connectivity index (χ4v) is 5.39. The van der Waals surface area contributed by atoms with Gasteiger partial charge in [0.15, 0.2) is 6.10 Å². The Balaban J connectivity index is 1.37. The Morgan fingerprint density at radius 1 is 0.750 bits per heavy atom. The fourth-order valence-electron chi connectivity index (χ4n) is 4.30. The lowest BCUT2D eigenvalue weighted by atomic mass is 9.98. The summed E-state index contributed by atoms with van der Waals surface area (Å²) in [6, 6.07) is 31.3. The maximum atomic E-state index is 13.4. The molecular formula is C31H27NO3S. The summed E-state index contributed by atoms with van der Waals surface area (Å²) in [6.45, 7) is 4.41. The third kappa shape index (κ3) is 5.07. The Labute approximate surface area is 215 Å². The van der Waals surface area contributed by atoms with Crippen LogP contribution in [0, 0.1) is 13.8 Å². The molecule has 5 rings (SSSR count). The Bertz CT molecular complexity index is 1350. The van der Waals surface area contributed by atoms with E-state index in [0.29, 0.717) is 17.7 Å². The van der Waals surface area contributed by atoms with Gasteiger partial charge in [0.1, 0.15) is 0 Å². The van der Waals surface area contributed by atoms with E-state index < -0.39 is 12.1 Å². The summed E-state index contributed by atoms with van der Waals surface area (Å²) in [5.41, 5.74) is 5.47. The lowest BCUT2D eigenvalue weighted by Gasteiger charge is -2.32. The number of anilines is 2. The molecule has 0 saturated heterocycles. The molecule has 4 nitrogen and oxygen atoms in total. The molecule has 0 unspecified atom stereocenters. The summed E-state index contributed by atoms with van der Waals surface area (Å²) in [6.07, 6.45) is -0.839. The predicted molar refractivity (Wildman–Crippen MR) is 144 cm³/mol. The van der Waals surface area contributed by atoms with Crippen LogP contribution in [0.5, 0.6) is 0 Å². The van der Waals surface area contributed by atoms with Crippen molar-refractivity contribution in [2.45, 2.75) is 36.2 Å². The topological polar surface area (TPSA) is 46.6 Å². The Morgan fingerprint density at radius 3 is 1.86 bits per heavy atom. The number of para-hydroxylation sites is 2. The Hall–Kier alpha value is -3.83. The van der Waals surface area contributed by atoms with Gasteiger partial charge in [-0.2, -0.15) is 0 Å². The molecule has 4 aromatic carbocycles. The summed E-state index contributed by atoms with van der Waals surface area (Å²) in [7, 11) is 0. The summed E-state index contributed by atoms with van der Waals surface area (Å²) >= 11 is 1.73. The van der Waals surface area contributed by atoms with Crippen molar-refractivity contribution in [3.05, 3.63) is 119 Å². The van der Waals surface area contributed by atoms with Gasteiger partial charge in [-0.05, 0) is 38.1 Å². The summed E-state index contributed by atoms with van der Waals surface area (Å²) in [4.78, 5) is 31.0. The van der Waals surface area contributed by atoms with E-state index in [-0.39, 0.29) is 12.2 Å². The second-order valence-corrected chi connectivity index (χ2v) is 10.0. The van der Waals surface area contributed by atoms with Gasteiger partial charge in [-0.25, -0.2) is 0 Å². The summed E-state index contributed by atoms with van der Waals surface area (Å²) in [5, 5.41) is 0. The molecule has 0 amide bonds. The molecule has 0 radical (unpaired) electrons. The molecular weight excluding hydrogens is 466 g/mol. The fraction of sp³-hybridized carbons (Fsp3) is 0.161. The van der Waals surface area contributed by atoms with Crippen molar-refractivity contribution in [3.8, 4) is 0 Å². The van der Waals surface area contributed by atoms with Gasteiger partial charge < -0.3 is 9.64 Å². The van der Waals surface area contributed by atoms with E-state index >= 15 is 0 Å². The smallest absolute Gasteiger partial charge is 0.308 e. The first kappa shape index (κ1) is 23.9. The normalized spacial score (nSPS) is 12.9. The average Bonchev–Trinajstić information content (AvgIpc) is 2.90. The highest BCUT2D eigenvalue weighted by atomic mass is 32.2. The first-order valence-electron chi connectivity index (χ1n) is 12.0. The minimum atomic E-state index is -0.989. The van der Waals surface area contributed by atoms with Crippen LogP contribution in [0.3, 0.4) is 0 Å². The second-order valence-electron chi connectivity index (χ2n) is 8.95. The van der Waals surface area contributed by atoms with Crippen LogP contribution in [-0.2, 0) is 9.53 Å². The van der Waals surface area contributed by atoms with E-state index in [9.17, 15) is 9.59 Å². The molecule has 0 aromatic heterocycles. The van der Waals surface area contributed by atoms with Crippen molar-refractivity contribution >= 4 is 34.9 Å². The van der Waals surface area contributed by atoms with Gasteiger partial charge >= 0.3 is 5.97 Å². The molecule has 0 aliphatic carbocycles. The van der Waals surface area contributed by atoms with Crippen molar-refractivity contribution < 1.29 is 14.3 Å². The zero-order valence-electron chi connectivity index (χ0n) is 20.3. The van der Waals surface area contributed by atoms with Crippen LogP contribution in [0.1, 0.15) is 39.6 Å². The van der Waals surface area contributed by atoms with Gasteiger partial charge in [0.05, 0.1) is 17.8 Å². The second kappa shape index (κ2) is 10.4. The Morgan fingerprint density at radius 2 is 1.28 bits per heavy atom. The largest absolute Gasteiger partial charge is 0.449 e. The number of ketones is 1. The van der Waals surface area contributed by atoms with Crippen molar-refractivity contribution in [3.63, 3.8) is 0 Å². The maximum Gasteiger partial charge on any atom is 0.308 e. The van der Waals surface area contributed by atoms with Crippen LogP contribution in [-0.4, -0.2) is 18.3 Å². The van der Waals surface area contributed by atoms with E-state index in [0.717, 1.165) is 32.3 Å². The number of fused-ring (bicyclic) bond motifs is 2. The van der Waals surface area contributed by atoms with E-state index in [1.807, 2.05) is 74.5 Å². The zero-order chi connectivity index (χ0) is 25.1. The number of ether oxygens (including phenoxy) is 1. The molecule has 36 heavy (non-hydrogen) atoms. The molecule has 1 atom stereocenters. The first-order chi connectivity index (χ1) is 17.5. The van der Waals surface area contributed by atoms with Crippen LogP contribution < -0.4 is 4.90 Å². The van der Waals surface area contributed by atoms with Crippen LogP contribution >= 0.6 is 11.8 Å². The molecule has 0 bridgehead atoms. The average molecular weight is 494 g/mol. The highest BCUT2D eigenvalue weighted by molar-refractivity contribution is 7.99. The molecule has 0 spiro atoms. The number of esters is 1. The van der Waals surface area contributed by atoms with Gasteiger partial charge in [-0.15, -0.1) is 0 Å². The number of nitrogens with zero attached hydrogens (tertiary/aromatic N) is 1. The number of aryl methyl sites for hydroxylation is 2. The van der Waals surface area contributed by atoms with Crippen molar-refractivity contribution in [1.29, 1.82) is 0 Å². The van der Waals surface area contributed by atoms with Crippen LogP contribution in [0.15, 0.2) is 107 Å². The summed E-state index contributed by atoms with van der Waals surface area (Å²) < 4.78 is 5.87.